The standard InChI is InChI=1S/C18H18O3/c1-20-14-9-13(10-15(11-14)21-2)18(19)17-8-7-12-5-3-4-6-16(12)17/h3-6,9-11,17H,7-8H2,1-2H3. The first kappa shape index (κ1) is 13.7. The summed E-state index contributed by atoms with van der Waals surface area (Å²) >= 11 is 0. The van der Waals surface area contributed by atoms with Crippen molar-refractivity contribution in [2.45, 2.75) is 18.8 Å². The van der Waals surface area contributed by atoms with Crippen LogP contribution in [-0.4, -0.2) is 20.0 Å². The predicted molar refractivity (Wildman–Crippen MR) is 81.4 cm³/mol. The molecular weight excluding hydrogens is 264 g/mol. The third-order valence-corrected chi connectivity index (χ3v) is 4.09. The lowest BCUT2D eigenvalue weighted by molar-refractivity contribution is 0.0959. The van der Waals surface area contributed by atoms with Crippen LogP contribution in [0.4, 0.5) is 0 Å². The molecule has 0 saturated carbocycles. The number of aryl methyl sites for hydroxylation is 1. The number of benzene rings is 2. The van der Waals surface area contributed by atoms with Gasteiger partial charge in [-0.25, -0.2) is 0 Å². The van der Waals surface area contributed by atoms with Crippen LogP contribution in [0.25, 0.3) is 0 Å². The van der Waals surface area contributed by atoms with E-state index in [2.05, 4.69) is 12.1 Å². The van der Waals surface area contributed by atoms with Crippen LogP contribution in [0.15, 0.2) is 42.5 Å². The maximum Gasteiger partial charge on any atom is 0.170 e. The molecule has 3 nitrogen and oxygen atoms in total. The first-order chi connectivity index (χ1) is 10.2. The van der Waals surface area contributed by atoms with E-state index in [9.17, 15) is 4.79 Å². The number of ether oxygens (including phenoxy) is 2. The van der Waals surface area contributed by atoms with Gasteiger partial charge in [0.25, 0.3) is 0 Å². The quantitative estimate of drug-likeness (QED) is 0.803. The van der Waals surface area contributed by atoms with E-state index in [1.54, 1.807) is 32.4 Å². The Kier molecular flexibility index (Phi) is 3.65. The van der Waals surface area contributed by atoms with E-state index in [-0.39, 0.29) is 11.7 Å². The Labute approximate surface area is 124 Å². The SMILES string of the molecule is COc1cc(OC)cc(C(=O)C2CCc3ccccc32)c1. The molecule has 1 atom stereocenters. The van der Waals surface area contributed by atoms with Gasteiger partial charge in [-0.2, -0.15) is 0 Å². The Morgan fingerprint density at radius 1 is 1.05 bits per heavy atom. The van der Waals surface area contributed by atoms with Crippen LogP contribution in [-0.2, 0) is 6.42 Å². The lowest BCUT2D eigenvalue weighted by Gasteiger charge is -2.13. The third kappa shape index (κ3) is 2.51. The number of methoxy groups -OCH3 is 2. The predicted octanol–water partition coefficient (Wildman–Crippen LogP) is 3.62. The lowest BCUT2D eigenvalue weighted by atomic mass is 9.92. The van der Waals surface area contributed by atoms with E-state index in [1.807, 2.05) is 12.1 Å². The minimum Gasteiger partial charge on any atom is -0.497 e. The van der Waals surface area contributed by atoms with Crippen LogP contribution >= 0.6 is 0 Å². The average Bonchev–Trinajstić information content (AvgIpc) is 2.97. The maximum absolute atomic E-state index is 12.8. The minimum atomic E-state index is -0.0574. The second-order valence-electron chi connectivity index (χ2n) is 5.26. The zero-order chi connectivity index (χ0) is 14.8. The third-order valence-electron chi connectivity index (χ3n) is 4.09. The zero-order valence-electron chi connectivity index (χ0n) is 12.3. The van der Waals surface area contributed by atoms with Crippen LogP contribution in [0, 0.1) is 0 Å². The largest absolute Gasteiger partial charge is 0.497 e. The number of Topliss-reactive ketones (excluding diaryl/α,β-unsaturated/α-hetero) is 1. The van der Waals surface area contributed by atoms with Gasteiger partial charge in [-0.3, -0.25) is 4.79 Å². The zero-order valence-corrected chi connectivity index (χ0v) is 12.3. The van der Waals surface area contributed by atoms with Gasteiger partial charge < -0.3 is 9.47 Å². The summed E-state index contributed by atoms with van der Waals surface area (Å²) in [5, 5.41) is 0. The molecular formula is C18H18O3. The summed E-state index contributed by atoms with van der Waals surface area (Å²) in [6.45, 7) is 0. The van der Waals surface area contributed by atoms with Gasteiger partial charge >= 0.3 is 0 Å². The molecule has 1 unspecified atom stereocenters. The van der Waals surface area contributed by atoms with Gasteiger partial charge in [-0.1, -0.05) is 24.3 Å². The van der Waals surface area contributed by atoms with E-state index in [0.29, 0.717) is 17.1 Å². The van der Waals surface area contributed by atoms with Crippen LogP contribution in [0.5, 0.6) is 11.5 Å². The van der Waals surface area contributed by atoms with Gasteiger partial charge in [-0.05, 0) is 36.1 Å². The van der Waals surface area contributed by atoms with E-state index in [4.69, 9.17) is 9.47 Å². The summed E-state index contributed by atoms with van der Waals surface area (Å²) in [6, 6.07) is 13.5. The molecule has 0 spiro atoms. The van der Waals surface area contributed by atoms with Crippen molar-refractivity contribution in [2.24, 2.45) is 0 Å². The molecule has 0 fully saturated rings. The molecule has 1 aliphatic rings. The number of fused-ring (bicyclic) bond motifs is 1. The molecule has 0 amide bonds. The summed E-state index contributed by atoms with van der Waals surface area (Å²) in [4.78, 5) is 12.8. The second kappa shape index (κ2) is 5.60. The number of rotatable bonds is 4. The van der Waals surface area contributed by atoms with E-state index in [0.717, 1.165) is 18.4 Å². The van der Waals surface area contributed by atoms with Crippen LogP contribution in [0.1, 0.15) is 33.8 Å². The van der Waals surface area contributed by atoms with Crippen molar-refractivity contribution in [3.63, 3.8) is 0 Å². The molecule has 21 heavy (non-hydrogen) atoms. The van der Waals surface area contributed by atoms with E-state index < -0.39 is 0 Å². The molecule has 0 saturated heterocycles. The number of hydrogen-bond acceptors (Lipinski definition) is 3. The van der Waals surface area contributed by atoms with Gasteiger partial charge in [0.15, 0.2) is 5.78 Å². The van der Waals surface area contributed by atoms with Crippen molar-refractivity contribution in [1.29, 1.82) is 0 Å². The van der Waals surface area contributed by atoms with Gasteiger partial charge in [0.05, 0.1) is 14.2 Å². The average molecular weight is 282 g/mol. The highest BCUT2D eigenvalue weighted by Gasteiger charge is 2.29. The highest BCUT2D eigenvalue weighted by atomic mass is 16.5. The van der Waals surface area contributed by atoms with Crippen molar-refractivity contribution in [1.82, 2.24) is 0 Å². The highest BCUT2D eigenvalue weighted by molar-refractivity contribution is 6.02. The summed E-state index contributed by atoms with van der Waals surface area (Å²) in [6.07, 6.45) is 1.84. The van der Waals surface area contributed by atoms with Crippen LogP contribution in [0.2, 0.25) is 0 Å². The molecule has 3 rings (SSSR count). The fraction of sp³-hybridized carbons (Fsp3) is 0.278. The maximum atomic E-state index is 12.8. The molecule has 0 aliphatic heterocycles. The molecule has 0 aromatic heterocycles. The Bertz CT molecular complexity index is 654. The van der Waals surface area contributed by atoms with Crippen molar-refractivity contribution in [3.05, 3.63) is 59.2 Å². The molecule has 2 aromatic rings. The first-order valence-electron chi connectivity index (χ1n) is 7.08. The summed E-state index contributed by atoms with van der Waals surface area (Å²) in [5.41, 5.74) is 3.09. The van der Waals surface area contributed by atoms with Gasteiger partial charge in [0.2, 0.25) is 0 Å². The molecule has 1 aliphatic carbocycles. The summed E-state index contributed by atoms with van der Waals surface area (Å²) < 4.78 is 10.5. The molecule has 108 valence electrons. The molecule has 0 N–H and O–H groups in total. The monoisotopic (exact) mass is 282 g/mol. The second-order valence-corrected chi connectivity index (χ2v) is 5.26. The number of hydrogen-bond donors (Lipinski definition) is 0. The lowest BCUT2D eigenvalue weighted by Crippen LogP contribution is -2.10. The first-order valence-corrected chi connectivity index (χ1v) is 7.08. The Morgan fingerprint density at radius 3 is 2.38 bits per heavy atom. The van der Waals surface area contributed by atoms with Gasteiger partial charge in [0.1, 0.15) is 11.5 Å². The van der Waals surface area contributed by atoms with Crippen molar-refractivity contribution in [3.8, 4) is 11.5 Å². The molecule has 3 heteroatoms. The topological polar surface area (TPSA) is 35.5 Å². The van der Waals surface area contributed by atoms with Crippen LogP contribution in [0.3, 0.4) is 0 Å². The molecule has 0 bridgehead atoms. The fourth-order valence-electron chi connectivity index (χ4n) is 2.98. The Balaban J connectivity index is 1.96. The fourth-order valence-corrected chi connectivity index (χ4v) is 2.98. The highest BCUT2D eigenvalue weighted by Crippen LogP contribution is 2.36. The van der Waals surface area contributed by atoms with E-state index >= 15 is 0 Å². The van der Waals surface area contributed by atoms with Crippen LogP contribution < -0.4 is 9.47 Å². The van der Waals surface area contributed by atoms with Crippen molar-refractivity contribution < 1.29 is 14.3 Å². The van der Waals surface area contributed by atoms with Crippen molar-refractivity contribution >= 4 is 5.78 Å². The Morgan fingerprint density at radius 2 is 1.71 bits per heavy atom. The number of carbonyl (C=O) groups is 1. The Hall–Kier alpha value is -2.29. The smallest absolute Gasteiger partial charge is 0.170 e. The molecule has 2 aromatic carbocycles. The summed E-state index contributed by atoms with van der Waals surface area (Å²) in [5.74, 6) is 1.36. The molecule has 0 heterocycles. The number of carbonyl (C=O) groups excluding carboxylic acids is 1. The summed E-state index contributed by atoms with van der Waals surface area (Å²) in [7, 11) is 3.18. The number of ketones is 1. The van der Waals surface area contributed by atoms with Gasteiger partial charge in [0, 0.05) is 17.5 Å². The van der Waals surface area contributed by atoms with E-state index in [1.165, 1.54) is 5.56 Å². The normalized spacial score (nSPS) is 16.4. The van der Waals surface area contributed by atoms with Gasteiger partial charge in [-0.15, -0.1) is 0 Å². The van der Waals surface area contributed by atoms with Crippen molar-refractivity contribution in [2.75, 3.05) is 14.2 Å². The minimum absolute atomic E-state index is 0.0574. The molecule has 0 radical (unpaired) electrons.